The number of ether oxygens (including phenoxy) is 1. The van der Waals surface area contributed by atoms with Gasteiger partial charge in [-0.15, -0.1) is 0 Å². The molecule has 1 aromatic heterocycles. The number of hydrogen-bond donors (Lipinski definition) is 1. The summed E-state index contributed by atoms with van der Waals surface area (Å²) in [5.74, 6) is 0.809. The molecule has 0 radical (unpaired) electrons. The lowest BCUT2D eigenvalue weighted by molar-refractivity contribution is 0.303. The molecule has 2 rings (SSSR count). The Morgan fingerprint density at radius 2 is 1.89 bits per heavy atom. The Morgan fingerprint density at radius 1 is 1.11 bits per heavy atom. The van der Waals surface area contributed by atoms with Crippen LogP contribution in [0.15, 0.2) is 42.6 Å². The number of benzene rings is 1. The van der Waals surface area contributed by atoms with Gasteiger partial charge in [-0.3, -0.25) is 4.98 Å². The highest BCUT2D eigenvalue weighted by Gasteiger charge is 2.02. The molecule has 1 N–H and O–H groups in total. The van der Waals surface area contributed by atoms with E-state index in [1.165, 1.54) is 11.1 Å². The highest BCUT2D eigenvalue weighted by Crippen LogP contribution is 2.14. The topological polar surface area (TPSA) is 34.1 Å². The molecular weight excluding hydrogens is 236 g/mol. The van der Waals surface area contributed by atoms with E-state index in [1.54, 1.807) is 6.20 Å². The molecule has 0 bridgehead atoms. The van der Waals surface area contributed by atoms with Crippen LogP contribution in [0.4, 0.5) is 0 Å². The summed E-state index contributed by atoms with van der Waals surface area (Å²) < 4.78 is 5.78. The van der Waals surface area contributed by atoms with Crippen LogP contribution >= 0.6 is 0 Å². The maximum absolute atomic E-state index is 5.78. The smallest absolute Gasteiger partial charge is 0.138 e. The van der Waals surface area contributed by atoms with Crippen molar-refractivity contribution in [1.82, 2.24) is 10.3 Å². The van der Waals surface area contributed by atoms with Gasteiger partial charge in [-0.25, -0.2) is 0 Å². The molecule has 1 heterocycles. The first-order valence-electron chi connectivity index (χ1n) is 6.62. The molecule has 0 spiro atoms. The largest absolute Gasteiger partial charge is 0.487 e. The zero-order valence-corrected chi connectivity index (χ0v) is 11.5. The number of rotatable bonds is 6. The van der Waals surface area contributed by atoms with Crippen molar-refractivity contribution in [2.45, 2.75) is 27.0 Å². The average Bonchev–Trinajstić information content (AvgIpc) is 2.45. The van der Waals surface area contributed by atoms with Crippen molar-refractivity contribution in [3.63, 3.8) is 0 Å². The van der Waals surface area contributed by atoms with Gasteiger partial charge in [0.2, 0.25) is 0 Å². The Bertz CT molecular complexity index is 508. The Kier molecular flexibility index (Phi) is 4.93. The van der Waals surface area contributed by atoms with Crippen molar-refractivity contribution in [1.29, 1.82) is 0 Å². The number of aryl methyl sites for hydroxylation is 1. The predicted molar refractivity (Wildman–Crippen MR) is 77.1 cm³/mol. The molecular formula is C16H20N2O. The van der Waals surface area contributed by atoms with Gasteiger partial charge in [0, 0.05) is 12.2 Å². The molecule has 0 aliphatic carbocycles. The lowest BCUT2D eigenvalue weighted by Crippen LogP contribution is -2.13. The van der Waals surface area contributed by atoms with Crippen LogP contribution < -0.4 is 10.1 Å². The van der Waals surface area contributed by atoms with Crippen LogP contribution in [0.3, 0.4) is 0 Å². The Balaban J connectivity index is 2.00. The third-order valence-corrected chi connectivity index (χ3v) is 2.96. The molecule has 3 heteroatoms. The maximum atomic E-state index is 5.78. The van der Waals surface area contributed by atoms with E-state index in [1.807, 2.05) is 25.1 Å². The lowest BCUT2D eigenvalue weighted by Gasteiger charge is -2.11. The van der Waals surface area contributed by atoms with Gasteiger partial charge in [0.25, 0.3) is 0 Å². The molecule has 0 atom stereocenters. The van der Waals surface area contributed by atoms with E-state index in [4.69, 9.17) is 4.74 Å². The van der Waals surface area contributed by atoms with Crippen LogP contribution in [-0.2, 0) is 13.2 Å². The summed E-state index contributed by atoms with van der Waals surface area (Å²) in [5.41, 5.74) is 3.49. The van der Waals surface area contributed by atoms with Crippen LogP contribution in [-0.4, -0.2) is 11.5 Å². The van der Waals surface area contributed by atoms with E-state index in [-0.39, 0.29) is 0 Å². The molecule has 0 aliphatic heterocycles. The highest BCUT2D eigenvalue weighted by molar-refractivity contribution is 5.27. The normalized spacial score (nSPS) is 10.4. The van der Waals surface area contributed by atoms with Crippen LogP contribution in [0.25, 0.3) is 0 Å². The van der Waals surface area contributed by atoms with Crippen LogP contribution in [0.5, 0.6) is 5.75 Å². The van der Waals surface area contributed by atoms with Crippen molar-refractivity contribution < 1.29 is 4.74 Å². The van der Waals surface area contributed by atoms with Gasteiger partial charge in [0.05, 0.1) is 6.20 Å². The predicted octanol–water partition coefficient (Wildman–Crippen LogP) is 3.08. The van der Waals surface area contributed by atoms with Crippen molar-refractivity contribution in [3.05, 3.63) is 59.4 Å². The quantitative estimate of drug-likeness (QED) is 0.862. The van der Waals surface area contributed by atoms with Crippen LogP contribution in [0.2, 0.25) is 0 Å². The first kappa shape index (κ1) is 13.6. The number of nitrogens with one attached hydrogen (secondary N) is 1. The van der Waals surface area contributed by atoms with Crippen LogP contribution in [0.1, 0.15) is 23.7 Å². The summed E-state index contributed by atoms with van der Waals surface area (Å²) in [6.45, 7) is 6.50. The van der Waals surface area contributed by atoms with Gasteiger partial charge < -0.3 is 10.1 Å². The second kappa shape index (κ2) is 6.90. The second-order valence-corrected chi connectivity index (χ2v) is 4.47. The van der Waals surface area contributed by atoms with E-state index in [0.717, 1.165) is 24.5 Å². The van der Waals surface area contributed by atoms with Crippen molar-refractivity contribution in [3.8, 4) is 5.75 Å². The summed E-state index contributed by atoms with van der Waals surface area (Å²) in [6.07, 6.45) is 1.77. The lowest BCUT2D eigenvalue weighted by atomic mass is 10.1. The van der Waals surface area contributed by atoms with Gasteiger partial charge in [-0.1, -0.05) is 31.2 Å². The van der Waals surface area contributed by atoms with Crippen molar-refractivity contribution in [2.75, 3.05) is 6.54 Å². The molecule has 0 aliphatic rings. The molecule has 0 saturated heterocycles. The average molecular weight is 256 g/mol. The van der Waals surface area contributed by atoms with Gasteiger partial charge in [0.1, 0.15) is 12.4 Å². The summed E-state index contributed by atoms with van der Waals surface area (Å²) in [5, 5.41) is 3.34. The molecule has 0 unspecified atom stereocenters. The molecule has 0 amide bonds. The minimum atomic E-state index is 0.576. The minimum absolute atomic E-state index is 0.576. The molecule has 0 fully saturated rings. The summed E-state index contributed by atoms with van der Waals surface area (Å²) in [6, 6.07) is 12.3. The van der Waals surface area contributed by atoms with E-state index in [0.29, 0.717) is 6.61 Å². The van der Waals surface area contributed by atoms with Gasteiger partial charge in [-0.2, -0.15) is 0 Å². The van der Waals surface area contributed by atoms with Crippen LogP contribution in [0, 0.1) is 6.92 Å². The summed E-state index contributed by atoms with van der Waals surface area (Å²) in [4.78, 5) is 4.23. The van der Waals surface area contributed by atoms with E-state index >= 15 is 0 Å². The fourth-order valence-electron chi connectivity index (χ4n) is 1.83. The SMILES string of the molecule is CCNCc1ccccc1COc1ccc(C)nc1. The number of aromatic nitrogens is 1. The molecule has 1 aromatic carbocycles. The van der Waals surface area contributed by atoms with Crippen molar-refractivity contribution >= 4 is 0 Å². The third-order valence-electron chi connectivity index (χ3n) is 2.96. The minimum Gasteiger partial charge on any atom is -0.487 e. The number of hydrogen-bond acceptors (Lipinski definition) is 3. The Labute approximate surface area is 114 Å². The summed E-state index contributed by atoms with van der Waals surface area (Å²) in [7, 11) is 0. The molecule has 19 heavy (non-hydrogen) atoms. The monoisotopic (exact) mass is 256 g/mol. The van der Waals surface area contributed by atoms with Crippen molar-refractivity contribution in [2.24, 2.45) is 0 Å². The molecule has 3 nitrogen and oxygen atoms in total. The summed E-state index contributed by atoms with van der Waals surface area (Å²) >= 11 is 0. The zero-order valence-electron chi connectivity index (χ0n) is 11.5. The molecule has 2 aromatic rings. The highest BCUT2D eigenvalue weighted by atomic mass is 16.5. The van der Waals surface area contributed by atoms with E-state index in [2.05, 4.69) is 35.4 Å². The van der Waals surface area contributed by atoms with E-state index in [9.17, 15) is 0 Å². The zero-order chi connectivity index (χ0) is 13.5. The fraction of sp³-hybridized carbons (Fsp3) is 0.312. The fourth-order valence-corrected chi connectivity index (χ4v) is 1.83. The van der Waals surface area contributed by atoms with Gasteiger partial charge in [-0.05, 0) is 36.7 Å². The standard InChI is InChI=1S/C16H20N2O/c1-3-17-10-14-6-4-5-7-15(14)12-19-16-9-8-13(2)18-11-16/h4-9,11,17H,3,10,12H2,1-2H3. The van der Waals surface area contributed by atoms with E-state index < -0.39 is 0 Å². The molecule has 0 saturated carbocycles. The number of nitrogens with zero attached hydrogens (tertiary/aromatic N) is 1. The van der Waals surface area contributed by atoms with Gasteiger partial charge in [0.15, 0.2) is 0 Å². The number of pyridine rings is 1. The first-order valence-corrected chi connectivity index (χ1v) is 6.62. The molecule has 100 valence electrons. The third kappa shape index (κ3) is 4.07. The Morgan fingerprint density at radius 3 is 2.58 bits per heavy atom. The van der Waals surface area contributed by atoms with Gasteiger partial charge >= 0.3 is 0 Å². The maximum Gasteiger partial charge on any atom is 0.138 e. The first-order chi connectivity index (χ1) is 9.29. The second-order valence-electron chi connectivity index (χ2n) is 4.47. The Hall–Kier alpha value is -1.87.